The Kier molecular flexibility index (Phi) is 9.45. The molecule has 2 aliphatic rings. The zero-order valence-electron chi connectivity index (χ0n) is 16.5. The molecule has 0 radical (unpaired) electrons. The van der Waals surface area contributed by atoms with Crippen molar-refractivity contribution in [3.05, 3.63) is 42.5 Å². The van der Waals surface area contributed by atoms with Crippen molar-refractivity contribution < 1.29 is 23.4 Å². The van der Waals surface area contributed by atoms with Crippen LogP contribution >= 0.6 is 0 Å². The molecule has 3 rings (SSSR count). The second-order valence-electron chi connectivity index (χ2n) is 7.99. The van der Waals surface area contributed by atoms with Crippen LogP contribution < -0.4 is 4.74 Å². The Bertz CT molecular complexity index is 618. The first-order valence-corrected chi connectivity index (χ1v) is 10.5. The summed E-state index contributed by atoms with van der Waals surface area (Å²) < 4.78 is 28.7. The number of carboxylic acid groups (broad SMARTS) is 1. The summed E-state index contributed by atoms with van der Waals surface area (Å²) in [6.45, 7) is 3.83. The van der Waals surface area contributed by atoms with E-state index < -0.39 is 17.8 Å². The van der Waals surface area contributed by atoms with Gasteiger partial charge in [0.05, 0.1) is 0 Å². The van der Waals surface area contributed by atoms with Crippen LogP contribution in [0.15, 0.2) is 30.9 Å². The van der Waals surface area contributed by atoms with Crippen molar-refractivity contribution in [2.24, 2.45) is 17.8 Å². The van der Waals surface area contributed by atoms with E-state index in [2.05, 4.69) is 17.4 Å². The van der Waals surface area contributed by atoms with Gasteiger partial charge in [0.25, 0.3) is 0 Å². The van der Waals surface area contributed by atoms with Crippen molar-refractivity contribution in [3.8, 4) is 5.75 Å². The van der Waals surface area contributed by atoms with Crippen LogP contribution in [0.3, 0.4) is 0 Å². The molecular weight excluding hydrogens is 362 g/mol. The van der Waals surface area contributed by atoms with Crippen LogP contribution in [0, 0.1) is 29.4 Å². The molecule has 0 spiro atoms. The third-order valence-electron chi connectivity index (χ3n) is 6.08. The normalized spacial score (nSPS) is 22.6. The van der Waals surface area contributed by atoms with Crippen LogP contribution in [0.2, 0.25) is 0 Å². The highest BCUT2D eigenvalue weighted by atomic mass is 19.2. The Balaban J connectivity index is 0.000000209. The fraction of sp³-hybridized carbons (Fsp3) is 0.609. The van der Waals surface area contributed by atoms with Gasteiger partial charge in [-0.25, -0.2) is 13.6 Å². The second-order valence-corrected chi connectivity index (χ2v) is 7.99. The molecule has 5 heteroatoms. The molecule has 0 saturated heterocycles. The molecule has 0 atom stereocenters. The molecule has 0 aliphatic heterocycles. The van der Waals surface area contributed by atoms with Gasteiger partial charge in [-0.05, 0) is 55.6 Å². The van der Waals surface area contributed by atoms with Crippen molar-refractivity contribution in [3.63, 3.8) is 0 Å². The summed E-state index contributed by atoms with van der Waals surface area (Å²) in [4.78, 5) is 9.93. The number of hydrogen-bond acceptors (Lipinski definition) is 2. The lowest BCUT2D eigenvalue weighted by Gasteiger charge is -2.35. The summed E-state index contributed by atoms with van der Waals surface area (Å²) in [5.41, 5.74) is 0. The summed E-state index contributed by atoms with van der Waals surface area (Å²) in [5.74, 6) is 0.787. The molecule has 3 nitrogen and oxygen atoms in total. The molecule has 0 bridgehead atoms. The lowest BCUT2D eigenvalue weighted by atomic mass is 9.70. The highest BCUT2D eigenvalue weighted by molar-refractivity contribution is 5.61. The SMILES string of the molecule is C=CCC[C@H]1CC[C@H](C2CCCCC2)CC1.O=C(O)Oc1ccc(F)c(F)c1. The van der Waals surface area contributed by atoms with Crippen molar-refractivity contribution in [2.45, 2.75) is 70.6 Å². The number of benzene rings is 1. The van der Waals surface area contributed by atoms with Gasteiger partial charge in [-0.3, -0.25) is 0 Å². The predicted octanol–water partition coefficient (Wildman–Crippen LogP) is 7.36. The van der Waals surface area contributed by atoms with Gasteiger partial charge in [0, 0.05) is 6.07 Å². The molecule has 156 valence electrons. The number of rotatable bonds is 5. The summed E-state index contributed by atoms with van der Waals surface area (Å²) in [6.07, 6.45) is 16.9. The largest absolute Gasteiger partial charge is 0.511 e. The van der Waals surface area contributed by atoms with Gasteiger partial charge < -0.3 is 9.84 Å². The predicted molar refractivity (Wildman–Crippen MR) is 106 cm³/mol. The maximum Gasteiger partial charge on any atom is 0.511 e. The Hall–Kier alpha value is -1.91. The van der Waals surface area contributed by atoms with E-state index in [1.165, 1.54) is 57.8 Å². The third kappa shape index (κ3) is 7.61. The quantitative estimate of drug-likeness (QED) is 0.322. The number of hydrogen-bond donors (Lipinski definition) is 1. The number of carbonyl (C=O) groups is 1. The molecule has 0 amide bonds. The van der Waals surface area contributed by atoms with Gasteiger partial charge in [0.15, 0.2) is 11.6 Å². The Morgan fingerprint density at radius 3 is 2.25 bits per heavy atom. The molecule has 0 unspecified atom stereocenters. The zero-order chi connectivity index (χ0) is 20.4. The zero-order valence-corrected chi connectivity index (χ0v) is 16.5. The van der Waals surface area contributed by atoms with E-state index in [-0.39, 0.29) is 5.75 Å². The molecule has 2 aliphatic carbocycles. The number of ether oxygens (including phenoxy) is 1. The number of allylic oxidation sites excluding steroid dienone is 1. The van der Waals surface area contributed by atoms with E-state index in [9.17, 15) is 13.6 Å². The standard InChI is InChI=1S/C16H28.C7H4F2O3/c1-2-3-7-14-10-12-16(13-11-14)15-8-5-4-6-9-15;8-5-2-1-4(3-6(5)9)12-7(10)11/h2,14-16H,1,3-13H2;1-3H,(H,10,11)/t14-,16-;. The van der Waals surface area contributed by atoms with E-state index >= 15 is 0 Å². The minimum Gasteiger partial charge on any atom is -0.449 e. The van der Waals surface area contributed by atoms with Crippen molar-refractivity contribution in [2.75, 3.05) is 0 Å². The van der Waals surface area contributed by atoms with Gasteiger partial charge in [0.1, 0.15) is 5.75 Å². The van der Waals surface area contributed by atoms with Gasteiger partial charge >= 0.3 is 6.16 Å². The van der Waals surface area contributed by atoms with E-state index in [0.717, 1.165) is 29.9 Å². The smallest absolute Gasteiger partial charge is 0.449 e. The lowest BCUT2D eigenvalue weighted by molar-refractivity contribution is 0.144. The van der Waals surface area contributed by atoms with Gasteiger partial charge in [-0.1, -0.05) is 51.0 Å². The highest BCUT2D eigenvalue weighted by Crippen LogP contribution is 2.40. The Morgan fingerprint density at radius 2 is 1.68 bits per heavy atom. The summed E-state index contributed by atoms with van der Waals surface area (Å²) in [6, 6.07) is 2.46. The minimum absolute atomic E-state index is 0.249. The molecule has 0 aromatic heterocycles. The first kappa shape index (κ1) is 22.4. The maximum atomic E-state index is 12.4. The van der Waals surface area contributed by atoms with Crippen LogP contribution in [0.5, 0.6) is 5.75 Å². The minimum atomic E-state index is -1.57. The first-order valence-electron chi connectivity index (χ1n) is 10.5. The van der Waals surface area contributed by atoms with Gasteiger partial charge in [-0.2, -0.15) is 0 Å². The van der Waals surface area contributed by atoms with Crippen molar-refractivity contribution in [1.29, 1.82) is 0 Å². The Labute approximate surface area is 166 Å². The van der Waals surface area contributed by atoms with E-state index in [0.29, 0.717) is 6.07 Å². The molecule has 1 aromatic rings. The van der Waals surface area contributed by atoms with Crippen LogP contribution in [0.1, 0.15) is 70.6 Å². The molecule has 28 heavy (non-hydrogen) atoms. The Morgan fingerprint density at radius 1 is 1.04 bits per heavy atom. The van der Waals surface area contributed by atoms with Gasteiger partial charge in [0.2, 0.25) is 0 Å². The fourth-order valence-corrected chi connectivity index (χ4v) is 4.55. The van der Waals surface area contributed by atoms with Crippen molar-refractivity contribution in [1.82, 2.24) is 0 Å². The monoisotopic (exact) mass is 394 g/mol. The maximum absolute atomic E-state index is 12.4. The molecule has 1 aromatic carbocycles. The molecule has 0 heterocycles. The second kappa shape index (κ2) is 11.8. The average molecular weight is 395 g/mol. The van der Waals surface area contributed by atoms with Crippen LogP contribution in [-0.4, -0.2) is 11.3 Å². The summed E-state index contributed by atoms with van der Waals surface area (Å²) >= 11 is 0. The van der Waals surface area contributed by atoms with E-state index in [1.54, 1.807) is 12.8 Å². The highest BCUT2D eigenvalue weighted by Gasteiger charge is 2.27. The molecule has 2 fully saturated rings. The van der Waals surface area contributed by atoms with Crippen LogP contribution in [0.4, 0.5) is 13.6 Å². The fourth-order valence-electron chi connectivity index (χ4n) is 4.55. The summed E-state index contributed by atoms with van der Waals surface area (Å²) in [7, 11) is 0. The average Bonchev–Trinajstić information content (AvgIpc) is 2.70. The summed E-state index contributed by atoms with van der Waals surface area (Å²) in [5, 5.41) is 8.09. The number of halogens is 2. The van der Waals surface area contributed by atoms with E-state index in [4.69, 9.17) is 5.11 Å². The van der Waals surface area contributed by atoms with Crippen molar-refractivity contribution >= 4 is 6.16 Å². The van der Waals surface area contributed by atoms with E-state index in [1.807, 2.05) is 0 Å². The molecule has 2 saturated carbocycles. The molecular formula is C23H32F2O3. The topological polar surface area (TPSA) is 46.5 Å². The van der Waals surface area contributed by atoms with Crippen LogP contribution in [-0.2, 0) is 0 Å². The molecule has 1 N–H and O–H groups in total. The van der Waals surface area contributed by atoms with Crippen LogP contribution in [0.25, 0.3) is 0 Å². The third-order valence-corrected chi connectivity index (χ3v) is 6.08. The van der Waals surface area contributed by atoms with Gasteiger partial charge in [-0.15, -0.1) is 6.58 Å². The lowest BCUT2D eigenvalue weighted by Crippen LogP contribution is -2.23. The first-order chi connectivity index (χ1) is 13.5.